The highest BCUT2D eigenvalue weighted by Gasteiger charge is 2.40. The highest BCUT2D eigenvalue weighted by molar-refractivity contribution is 5.33. The van der Waals surface area contributed by atoms with Crippen LogP contribution in [0.1, 0.15) is 35.3 Å². The Morgan fingerprint density at radius 1 is 1.53 bits per heavy atom. The number of hydrogen-bond donors (Lipinski definition) is 1. The molecule has 0 amide bonds. The molecule has 0 spiro atoms. The van der Waals surface area contributed by atoms with Crippen LogP contribution in [0.25, 0.3) is 0 Å². The van der Waals surface area contributed by atoms with Gasteiger partial charge in [0.15, 0.2) is 0 Å². The van der Waals surface area contributed by atoms with Crippen LogP contribution in [0.4, 0.5) is 0 Å². The first-order valence-electron chi connectivity index (χ1n) is 8.18. The van der Waals surface area contributed by atoms with Gasteiger partial charge in [-0.15, -0.1) is 0 Å². The molecule has 0 radical (unpaired) electrons. The van der Waals surface area contributed by atoms with Crippen LogP contribution in [0.15, 0.2) is 24.3 Å². The molecular formula is C16H25NO2. The summed E-state index contributed by atoms with van der Waals surface area (Å²) < 4.78 is 30.8. The first-order chi connectivity index (χ1) is 10.2. The van der Waals surface area contributed by atoms with Gasteiger partial charge in [-0.3, -0.25) is 0 Å². The maximum Gasteiger partial charge on any atom is 0.119 e. The minimum Gasteiger partial charge on any atom is -0.497 e. The average Bonchev–Trinajstić information content (AvgIpc) is 2.43. The van der Waals surface area contributed by atoms with E-state index in [4.69, 9.17) is 8.85 Å². The molecule has 1 N–H and O–H groups in total. The largest absolute Gasteiger partial charge is 0.497 e. The van der Waals surface area contributed by atoms with Crippen molar-refractivity contribution in [2.45, 2.75) is 31.2 Å². The molecule has 0 saturated heterocycles. The predicted octanol–water partition coefficient (Wildman–Crippen LogP) is 2.63. The lowest BCUT2D eigenvalue weighted by Gasteiger charge is -2.41. The SMILES string of the molecule is [2H]C1([2H])CCC[C@@]([2H])(CN(C)C)[C@]1(O)c1cccc(OC)c1. The number of aliphatic hydroxyl groups is 1. The van der Waals surface area contributed by atoms with Crippen LogP contribution >= 0.6 is 0 Å². The predicted molar refractivity (Wildman–Crippen MR) is 77.4 cm³/mol. The van der Waals surface area contributed by atoms with Crippen LogP contribution in [0.3, 0.4) is 0 Å². The van der Waals surface area contributed by atoms with Crippen molar-refractivity contribution in [3.8, 4) is 5.75 Å². The van der Waals surface area contributed by atoms with Gasteiger partial charge in [-0.1, -0.05) is 25.0 Å². The smallest absolute Gasteiger partial charge is 0.119 e. The molecule has 19 heavy (non-hydrogen) atoms. The fourth-order valence-corrected chi connectivity index (χ4v) is 2.61. The third kappa shape index (κ3) is 3.10. The maximum absolute atomic E-state index is 11.4. The summed E-state index contributed by atoms with van der Waals surface area (Å²) >= 11 is 0. The van der Waals surface area contributed by atoms with Gasteiger partial charge in [-0.25, -0.2) is 0 Å². The highest BCUT2D eigenvalue weighted by Crippen LogP contribution is 2.42. The monoisotopic (exact) mass is 266 g/mol. The average molecular weight is 266 g/mol. The molecule has 106 valence electrons. The number of nitrogens with zero attached hydrogens (tertiary/aromatic N) is 1. The van der Waals surface area contributed by atoms with Crippen LogP contribution in [0.2, 0.25) is 0 Å². The van der Waals surface area contributed by atoms with Crippen molar-refractivity contribution >= 4 is 0 Å². The standard InChI is InChI=1S/C16H25NO2/c1-17(2)12-14-7-4-5-10-16(14,18)13-8-6-9-15(11-13)19-3/h6,8-9,11,14,18H,4-5,7,10,12H2,1-3H3/t14-,16+/m0/s1/i10D2,14D. The second kappa shape index (κ2) is 5.93. The zero-order chi connectivity index (χ0) is 16.6. The summed E-state index contributed by atoms with van der Waals surface area (Å²) in [4.78, 5) is 1.83. The molecule has 1 aromatic rings. The summed E-state index contributed by atoms with van der Waals surface area (Å²) in [5.41, 5.74) is -1.47. The van der Waals surface area contributed by atoms with E-state index in [1.54, 1.807) is 24.3 Å². The van der Waals surface area contributed by atoms with E-state index in [2.05, 4.69) is 0 Å². The molecule has 1 saturated carbocycles. The van der Waals surface area contributed by atoms with E-state index in [0.29, 0.717) is 30.7 Å². The molecule has 3 nitrogen and oxygen atoms in total. The van der Waals surface area contributed by atoms with Crippen LogP contribution in [-0.4, -0.2) is 37.8 Å². The van der Waals surface area contributed by atoms with E-state index in [1.807, 2.05) is 19.0 Å². The molecule has 0 bridgehead atoms. The van der Waals surface area contributed by atoms with Gasteiger partial charge in [0.1, 0.15) is 5.75 Å². The second-order valence-electron chi connectivity index (χ2n) is 5.31. The van der Waals surface area contributed by atoms with Gasteiger partial charge in [0.05, 0.1) is 12.7 Å². The van der Waals surface area contributed by atoms with E-state index >= 15 is 0 Å². The van der Waals surface area contributed by atoms with Crippen LogP contribution in [-0.2, 0) is 5.60 Å². The van der Waals surface area contributed by atoms with Gasteiger partial charge in [0, 0.05) is 16.6 Å². The normalized spacial score (nSPS) is 36.4. The summed E-state index contributed by atoms with van der Waals surface area (Å²) in [7, 11) is 5.21. The molecular weight excluding hydrogens is 238 g/mol. The Morgan fingerprint density at radius 2 is 2.32 bits per heavy atom. The van der Waals surface area contributed by atoms with Crippen molar-refractivity contribution in [3.63, 3.8) is 0 Å². The number of ether oxygens (including phenoxy) is 1. The Morgan fingerprint density at radius 3 is 3.00 bits per heavy atom. The van der Waals surface area contributed by atoms with Gasteiger partial charge in [0.2, 0.25) is 0 Å². The van der Waals surface area contributed by atoms with Crippen LogP contribution in [0, 0.1) is 5.89 Å². The zero-order valence-electron chi connectivity index (χ0n) is 14.9. The number of benzene rings is 1. The first kappa shape index (κ1) is 10.7. The van der Waals surface area contributed by atoms with E-state index < -0.39 is 17.9 Å². The van der Waals surface area contributed by atoms with Crippen molar-refractivity contribution in [2.75, 3.05) is 27.7 Å². The Labute approximate surface area is 120 Å². The number of methoxy groups -OCH3 is 1. The fraction of sp³-hybridized carbons (Fsp3) is 0.625. The van der Waals surface area contributed by atoms with Crippen molar-refractivity contribution in [1.82, 2.24) is 4.90 Å². The Bertz CT molecular complexity index is 538. The van der Waals surface area contributed by atoms with Crippen molar-refractivity contribution in [2.24, 2.45) is 5.89 Å². The summed E-state index contributed by atoms with van der Waals surface area (Å²) in [6.45, 7) is 0.292. The van der Waals surface area contributed by atoms with E-state index in [1.165, 1.54) is 7.11 Å². The summed E-state index contributed by atoms with van der Waals surface area (Å²) in [5, 5.41) is 11.4. The molecule has 2 rings (SSSR count). The number of hydrogen-bond acceptors (Lipinski definition) is 3. The highest BCUT2D eigenvalue weighted by atomic mass is 16.5. The molecule has 1 aliphatic rings. The quantitative estimate of drug-likeness (QED) is 0.909. The Hall–Kier alpha value is -1.06. The molecule has 0 unspecified atom stereocenters. The molecule has 1 fully saturated rings. The van der Waals surface area contributed by atoms with Crippen molar-refractivity contribution in [1.29, 1.82) is 0 Å². The molecule has 3 heteroatoms. The van der Waals surface area contributed by atoms with Crippen LogP contribution < -0.4 is 4.74 Å². The molecule has 0 aromatic heterocycles. The third-order valence-electron chi connectivity index (χ3n) is 3.54. The van der Waals surface area contributed by atoms with Gasteiger partial charge in [-0.05, 0) is 44.6 Å². The Kier molecular flexibility index (Phi) is 3.34. The van der Waals surface area contributed by atoms with E-state index in [9.17, 15) is 5.11 Å². The van der Waals surface area contributed by atoms with Gasteiger partial charge < -0.3 is 14.7 Å². The fourth-order valence-electron chi connectivity index (χ4n) is 2.61. The summed E-state index contributed by atoms with van der Waals surface area (Å²) in [6, 6.07) is 6.81. The Balaban J connectivity index is 2.59. The summed E-state index contributed by atoms with van der Waals surface area (Å²) in [6.07, 6.45) is -0.570. The lowest BCUT2D eigenvalue weighted by atomic mass is 9.71. The molecule has 0 aliphatic heterocycles. The molecule has 1 aliphatic carbocycles. The zero-order valence-corrected chi connectivity index (χ0v) is 11.9. The van der Waals surface area contributed by atoms with Crippen LogP contribution in [0.5, 0.6) is 5.75 Å². The second-order valence-corrected chi connectivity index (χ2v) is 5.31. The lowest BCUT2D eigenvalue weighted by molar-refractivity contribution is -0.0619. The topological polar surface area (TPSA) is 32.7 Å². The van der Waals surface area contributed by atoms with Gasteiger partial charge >= 0.3 is 0 Å². The molecule has 0 heterocycles. The van der Waals surface area contributed by atoms with E-state index in [-0.39, 0.29) is 6.42 Å². The van der Waals surface area contributed by atoms with E-state index in [0.717, 1.165) is 0 Å². The maximum atomic E-state index is 11.4. The lowest BCUT2D eigenvalue weighted by Crippen LogP contribution is -2.43. The minimum absolute atomic E-state index is 0.245. The minimum atomic E-state index is -1.88. The number of rotatable bonds is 4. The third-order valence-corrected chi connectivity index (χ3v) is 3.54. The van der Waals surface area contributed by atoms with Gasteiger partial charge in [0.25, 0.3) is 0 Å². The molecule has 1 aromatic carbocycles. The first-order valence-corrected chi connectivity index (χ1v) is 6.68. The van der Waals surface area contributed by atoms with Crippen molar-refractivity contribution < 1.29 is 14.0 Å². The molecule has 2 atom stereocenters. The van der Waals surface area contributed by atoms with Crippen molar-refractivity contribution in [3.05, 3.63) is 29.8 Å². The van der Waals surface area contributed by atoms with Gasteiger partial charge in [-0.2, -0.15) is 0 Å². The summed E-state index contributed by atoms with van der Waals surface area (Å²) in [5.74, 6) is -0.760.